The van der Waals surface area contributed by atoms with Crippen LogP contribution in [0.15, 0.2) is 36.8 Å². The van der Waals surface area contributed by atoms with Gasteiger partial charge in [-0.3, -0.25) is 9.78 Å². The lowest BCUT2D eigenvalue weighted by Crippen LogP contribution is -2.42. The van der Waals surface area contributed by atoms with Crippen LogP contribution < -0.4 is 5.32 Å². The molecule has 2 aliphatic heterocycles. The van der Waals surface area contributed by atoms with Crippen molar-refractivity contribution in [3.05, 3.63) is 42.5 Å². The molecule has 1 amide bonds. The molecule has 2 atom stereocenters. The first-order valence-corrected chi connectivity index (χ1v) is 7.82. The number of aromatic nitrogens is 3. The van der Waals surface area contributed by atoms with E-state index >= 15 is 0 Å². The lowest BCUT2D eigenvalue weighted by atomic mass is 10.1. The van der Waals surface area contributed by atoms with Gasteiger partial charge < -0.3 is 10.2 Å². The SMILES string of the molecule is O=C(c1cc(-n2cccn2)ccn1)N1C2CCNCC1CC2. The lowest BCUT2D eigenvalue weighted by Gasteiger charge is -2.27. The summed E-state index contributed by atoms with van der Waals surface area (Å²) in [6.07, 6.45) is 8.49. The highest BCUT2D eigenvalue weighted by Gasteiger charge is 2.38. The van der Waals surface area contributed by atoms with Crippen LogP contribution in [0.25, 0.3) is 5.69 Å². The molecular weight excluding hydrogens is 278 g/mol. The van der Waals surface area contributed by atoms with Crippen LogP contribution in [0.3, 0.4) is 0 Å². The van der Waals surface area contributed by atoms with Crippen molar-refractivity contribution in [3.63, 3.8) is 0 Å². The Morgan fingerprint density at radius 2 is 2.14 bits per heavy atom. The third kappa shape index (κ3) is 2.29. The Balaban J connectivity index is 1.64. The van der Waals surface area contributed by atoms with Crippen molar-refractivity contribution in [1.29, 1.82) is 0 Å². The zero-order valence-electron chi connectivity index (χ0n) is 12.4. The van der Waals surface area contributed by atoms with E-state index in [1.54, 1.807) is 17.1 Å². The maximum atomic E-state index is 12.9. The Bertz CT molecular complexity index is 655. The summed E-state index contributed by atoms with van der Waals surface area (Å²) in [7, 11) is 0. The average molecular weight is 297 g/mol. The molecule has 114 valence electrons. The molecule has 2 fully saturated rings. The smallest absolute Gasteiger partial charge is 0.273 e. The number of hydrogen-bond donors (Lipinski definition) is 1. The minimum atomic E-state index is 0.0465. The van der Waals surface area contributed by atoms with Crippen molar-refractivity contribution in [1.82, 2.24) is 25.0 Å². The predicted molar refractivity (Wildman–Crippen MR) is 81.8 cm³/mol. The summed E-state index contributed by atoms with van der Waals surface area (Å²) in [4.78, 5) is 19.3. The van der Waals surface area contributed by atoms with E-state index in [0.29, 0.717) is 17.8 Å². The van der Waals surface area contributed by atoms with Crippen molar-refractivity contribution >= 4 is 5.91 Å². The summed E-state index contributed by atoms with van der Waals surface area (Å²) in [5.41, 5.74) is 1.37. The van der Waals surface area contributed by atoms with Gasteiger partial charge in [-0.2, -0.15) is 5.10 Å². The number of carbonyl (C=O) groups is 1. The fourth-order valence-electron chi connectivity index (χ4n) is 3.55. The van der Waals surface area contributed by atoms with E-state index in [4.69, 9.17) is 0 Å². The highest BCUT2D eigenvalue weighted by molar-refractivity contribution is 5.93. The summed E-state index contributed by atoms with van der Waals surface area (Å²) in [5.74, 6) is 0.0465. The molecule has 22 heavy (non-hydrogen) atoms. The number of nitrogens with zero attached hydrogens (tertiary/aromatic N) is 4. The van der Waals surface area contributed by atoms with Gasteiger partial charge in [0.15, 0.2) is 0 Å². The summed E-state index contributed by atoms with van der Waals surface area (Å²) < 4.78 is 1.75. The number of carbonyl (C=O) groups excluding carboxylic acids is 1. The maximum absolute atomic E-state index is 12.9. The van der Waals surface area contributed by atoms with E-state index in [-0.39, 0.29) is 5.91 Å². The number of fused-ring (bicyclic) bond motifs is 2. The molecule has 1 N–H and O–H groups in total. The molecular formula is C16H19N5O. The van der Waals surface area contributed by atoms with Gasteiger partial charge in [0.2, 0.25) is 0 Å². The number of hydrogen-bond acceptors (Lipinski definition) is 4. The van der Waals surface area contributed by atoms with Crippen LogP contribution >= 0.6 is 0 Å². The monoisotopic (exact) mass is 297 g/mol. The maximum Gasteiger partial charge on any atom is 0.273 e. The van der Waals surface area contributed by atoms with Gasteiger partial charge in [0.05, 0.1) is 5.69 Å². The highest BCUT2D eigenvalue weighted by atomic mass is 16.2. The van der Waals surface area contributed by atoms with E-state index in [1.165, 1.54) is 0 Å². The lowest BCUT2D eigenvalue weighted by molar-refractivity contribution is 0.0674. The van der Waals surface area contributed by atoms with Crippen LogP contribution in [-0.4, -0.2) is 50.7 Å². The highest BCUT2D eigenvalue weighted by Crippen LogP contribution is 2.29. The summed E-state index contributed by atoms with van der Waals surface area (Å²) in [5, 5.41) is 7.63. The van der Waals surface area contributed by atoms with Crippen LogP contribution in [0.5, 0.6) is 0 Å². The van der Waals surface area contributed by atoms with Crippen molar-refractivity contribution in [2.45, 2.75) is 31.3 Å². The number of amides is 1. The molecule has 2 aliphatic rings. The van der Waals surface area contributed by atoms with Gasteiger partial charge in [0.25, 0.3) is 5.91 Å². The molecule has 0 radical (unpaired) electrons. The van der Waals surface area contributed by atoms with Gasteiger partial charge in [0.1, 0.15) is 5.69 Å². The Kier molecular flexibility index (Phi) is 3.38. The molecule has 0 aromatic carbocycles. The molecule has 4 rings (SSSR count). The summed E-state index contributed by atoms with van der Waals surface area (Å²) in [6.45, 7) is 1.88. The Morgan fingerprint density at radius 1 is 1.23 bits per heavy atom. The number of nitrogens with one attached hydrogen (secondary N) is 1. The Labute approximate surface area is 129 Å². The van der Waals surface area contributed by atoms with Crippen LogP contribution in [0.4, 0.5) is 0 Å². The molecule has 0 saturated carbocycles. The minimum absolute atomic E-state index is 0.0465. The second-order valence-corrected chi connectivity index (χ2v) is 5.94. The van der Waals surface area contributed by atoms with Crippen molar-refractivity contribution in [3.8, 4) is 5.69 Å². The van der Waals surface area contributed by atoms with Crippen LogP contribution in [0, 0.1) is 0 Å². The second kappa shape index (κ2) is 5.53. The molecule has 0 spiro atoms. The van der Waals surface area contributed by atoms with Crippen molar-refractivity contribution < 1.29 is 4.79 Å². The Morgan fingerprint density at radius 3 is 3.00 bits per heavy atom. The second-order valence-electron chi connectivity index (χ2n) is 5.94. The van der Waals surface area contributed by atoms with E-state index in [1.807, 2.05) is 24.4 Å². The van der Waals surface area contributed by atoms with E-state index in [2.05, 4.69) is 20.3 Å². The zero-order chi connectivity index (χ0) is 14.9. The van der Waals surface area contributed by atoms with Crippen LogP contribution in [0.1, 0.15) is 29.8 Å². The molecule has 6 heteroatoms. The average Bonchev–Trinajstić information content (AvgIpc) is 3.14. The van der Waals surface area contributed by atoms with Crippen molar-refractivity contribution in [2.24, 2.45) is 0 Å². The first-order chi connectivity index (χ1) is 10.8. The van der Waals surface area contributed by atoms with Gasteiger partial charge in [-0.05, 0) is 44.0 Å². The summed E-state index contributed by atoms with van der Waals surface area (Å²) >= 11 is 0. The van der Waals surface area contributed by atoms with Crippen LogP contribution in [-0.2, 0) is 0 Å². The fourth-order valence-corrected chi connectivity index (χ4v) is 3.55. The predicted octanol–water partition coefficient (Wildman–Crippen LogP) is 1.23. The van der Waals surface area contributed by atoms with Gasteiger partial charge in [-0.15, -0.1) is 0 Å². The quantitative estimate of drug-likeness (QED) is 0.906. The fraction of sp³-hybridized carbons (Fsp3) is 0.438. The molecule has 0 aliphatic carbocycles. The first-order valence-electron chi connectivity index (χ1n) is 7.82. The van der Waals surface area contributed by atoms with Crippen LogP contribution in [0.2, 0.25) is 0 Å². The molecule has 2 unspecified atom stereocenters. The molecule has 2 aromatic rings. The topological polar surface area (TPSA) is 63.1 Å². The first kappa shape index (κ1) is 13.5. The molecule has 6 nitrogen and oxygen atoms in total. The van der Waals surface area contributed by atoms with E-state index in [9.17, 15) is 4.79 Å². The van der Waals surface area contributed by atoms with Gasteiger partial charge in [-0.25, -0.2) is 4.68 Å². The van der Waals surface area contributed by atoms with Crippen molar-refractivity contribution in [2.75, 3.05) is 13.1 Å². The largest absolute Gasteiger partial charge is 0.330 e. The zero-order valence-corrected chi connectivity index (χ0v) is 12.4. The Hall–Kier alpha value is -2.21. The van der Waals surface area contributed by atoms with Gasteiger partial charge in [-0.1, -0.05) is 0 Å². The molecule has 2 aromatic heterocycles. The normalized spacial score (nSPS) is 24.3. The number of pyridine rings is 1. The molecule has 2 bridgehead atoms. The third-order valence-electron chi connectivity index (χ3n) is 4.62. The van der Waals surface area contributed by atoms with E-state index in [0.717, 1.165) is 38.0 Å². The van der Waals surface area contributed by atoms with Gasteiger partial charge >= 0.3 is 0 Å². The van der Waals surface area contributed by atoms with Gasteiger partial charge in [0, 0.05) is 37.2 Å². The molecule has 4 heterocycles. The number of rotatable bonds is 2. The standard InChI is InChI=1S/C16H19N5O/c22-16(21-12-2-3-14(21)11-17-7-4-12)15-10-13(5-8-18-15)20-9-1-6-19-20/h1,5-6,8-10,12,14,17H,2-4,7,11H2. The van der Waals surface area contributed by atoms with E-state index < -0.39 is 0 Å². The summed E-state index contributed by atoms with van der Waals surface area (Å²) in [6, 6.07) is 6.20. The third-order valence-corrected chi connectivity index (χ3v) is 4.62. The minimum Gasteiger partial charge on any atom is -0.330 e. The molecule has 2 saturated heterocycles.